The highest BCUT2D eigenvalue weighted by Crippen LogP contribution is 2.27. The first-order chi connectivity index (χ1) is 37.5. The molecule has 0 radical (unpaired) electrons. The fourth-order valence-electron chi connectivity index (χ4n) is 8.45. The maximum absolute atomic E-state index is 12.4. The smallest absolute Gasteiger partial charge is 0.410 e. The average Bonchev–Trinajstić information content (AvgIpc) is 3.38. The molecule has 444 valence electrons. The number of nitrogens with zero attached hydrogens (tertiary/aromatic N) is 8. The highest BCUT2D eigenvalue weighted by Gasteiger charge is 2.20. The van der Waals surface area contributed by atoms with Crippen molar-refractivity contribution in [3.63, 3.8) is 0 Å². The number of rotatable bonds is 30. The van der Waals surface area contributed by atoms with E-state index < -0.39 is 0 Å². The molecule has 0 aliphatic carbocycles. The Bertz CT molecular complexity index is 2150. The molecule has 0 spiro atoms. The Labute approximate surface area is 482 Å². The third-order valence-electron chi connectivity index (χ3n) is 13.9. The zero-order valence-electron chi connectivity index (χ0n) is 52.2. The van der Waals surface area contributed by atoms with E-state index in [9.17, 15) is 19.2 Å². The van der Waals surface area contributed by atoms with Gasteiger partial charge < -0.3 is 38.5 Å². The molecule has 0 unspecified atom stereocenters. The van der Waals surface area contributed by atoms with Crippen LogP contribution in [0.2, 0.25) is 0 Å². The van der Waals surface area contributed by atoms with Crippen molar-refractivity contribution >= 4 is 47.1 Å². The maximum Gasteiger partial charge on any atom is 0.414 e. The lowest BCUT2D eigenvalue weighted by atomic mass is 10.1. The summed E-state index contributed by atoms with van der Waals surface area (Å²) in [6.07, 6.45) is 16.4. The fourth-order valence-corrected chi connectivity index (χ4v) is 8.45. The van der Waals surface area contributed by atoms with Crippen LogP contribution in [0.1, 0.15) is 103 Å². The Hall–Kier alpha value is -6.20. The van der Waals surface area contributed by atoms with Gasteiger partial charge in [-0.3, -0.25) is 17.9 Å². The number of carbonyl (C=O) groups is 4. The van der Waals surface area contributed by atoms with Crippen LogP contribution in [0, 0.1) is 0 Å². The topological polar surface area (TPSA) is 118 Å². The van der Waals surface area contributed by atoms with Crippen LogP contribution in [-0.2, 0) is 0 Å². The normalized spacial score (nSPS) is 11.7. The molecule has 0 atom stereocenters. The summed E-state index contributed by atoms with van der Waals surface area (Å²) in [5.41, 5.74) is 4.33. The van der Waals surface area contributed by atoms with Crippen molar-refractivity contribution in [2.24, 2.45) is 0 Å². The first-order valence-corrected chi connectivity index (χ1v) is 28.9. The van der Waals surface area contributed by atoms with Gasteiger partial charge in [-0.05, 0) is 74.2 Å². The van der Waals surface area contributed by atoms with E-state index in [0.717, 1.165) is 99.8 Å². The predicted molar refractivity (Wildman–Crippen MR) is 333 cm³/mol. The Kier molecular flexibility index (Phi) is 28.5. The van der Waals surface area contributed by atoms with Gasteiger partial charge in [-0.25, -0.2) is 19.2 Å². The summed E-state index contributed by atoms with van der Waals surface area (Å²) in [5, 5.41) is 0. The highest BCUT2D eigenvalue weighted by atomic mass is 16.6. The standard InChI is InChI=1S/2C32H52N4O4/c2*1-33(31(37)39-29-21-17-19-27(25-29)35(3,4)5)23-15-13-11-9-10-12-14-16-24-34(2)32(38)40-30-22-18-20-28(26-30)36(6,7)8/h2*17-22,25-26H,9-16,23-24H2,1-8H3/q2*+2. The number of carbonyl (C=O) groups excluding carboxylic acids is 4. The van der Waals surface area contributed by atoms with Crippen LogP contribution >= 0.6 is 0 Å². The second-order valence-electron chi connectivity index (χ2n) is 24.9. The highest BCUT2D eigenvalue weighted by molar-refractivity contribution is 5.72. The van der Waals surface area contributed by atoms with Crippen LogP contribution in [-0.4, -0.2) is 183 Å². The summed E-state index contributed by atoms with van der Waals surface area (Å²) in [7, 11) is 32.2. The van der Waals surface area contributed by atoms with E-state index in [1.54, 1.807) is 47.8 Å². The van der Waals surface area contributed by atoms with Gasteiger partial charge in [0, 0.05) is 78.6 Å². The number of hydrogen-bond acceptors (Lipinski definition) is 8. The lowest BCUT2D eigenvalue weighted by Crippen LogP contribution is -2.35. The summed E-state index contributed by atoms with van der Waals surface area (Å²) >= 11 is 0. The molecule has 0 aliphatic rings. The van der Waals surface area contributed by atoms with Crippen LogP contribution in [0.15, 0.2) is 97.1 Å². The number of benzene rings is 4. The molecule has 4 aromatic rings. The van der Waals surface area contributed by atoms with E-state index >= 15 is 0 Å². The SMILES string of the molecule is CN(CCCCCCCCCCN(C)C(=O)Oc1cccc([N+](C)(C)C)c1)C(=O)Oc1cccc([N+](C)(C)C)c1.CN(CCCCCCCCCCN(C)C(=O)Oc1cccc([N+](C)(C)C)c1)C(=O)Oc1cccc([N+](C)(C)C)c1. The van der Waals surface area contributed by atoms with Crippen LogP contribution in [0.3, 0.4) is 0 Å². The molecule has 16 heteroatoms. The minimum Gasteiger partial charge on any atom is -0.410 e. The Balaban J connectivity index is 0.000000420. The Morgan fingerprint density at radius 1 is 0.287 bits per heavy atom. The van der Waals surface area contributed by atoms with E-state index in [0.29, 0.717) is 67.1 Å². The first kappa shape index (κ1) is 68.1. The lowest BCUT2D eigenvalue weighted by molar-refractivity contribution is 0.161. The van der Waals surface area contributed by atoms with E-state index in [2.05, 4.69) is 84.6 Å². The van der Waals surface area contributed by atoms with Crippen molar-refractivity contribution in [1.29, 1.82) is 0 Å². The lowest BCUT2D eigenvalue weighted by Gasteiger charge is -2.24. The van der Waals surface area contributed by atoms with Gasteiger partial charge in [-0.15, -0.1) is 0 Å². The predicted octanol–water partition coefficient (Wildman–Crippen LogP) is 13.5. The number of quaternary nitrogens is 4. The molecule has 0 aromatic heterocycles. The van der Waals surface area contributed by atoms with E-state index in [1.165, 1.54) is 25.7 Å². The van der Waals surface area contributed by atoms with Gasteiger partial charge in [0.2, 0.25) is 0 Å². The number of hydrogen-bond donors (Lipinski definition) is 0. The van der Waals surface area contributed by atoms with Crippen LogP contribution in [0.25, 0.3) is 0 Å². The summed E-state index contributed by atoms with van der Waals surface area (Å²) in [4.78, 5) is 56.4. The maximum atomic E-state index is 12.4. The zero-order chi connectivity index (χ0) is 59.5. The van der Waals surface area contributed by atoms with Gasteiger partial charge in [-0.1, -0.05) is 101 Å². The third-order valence-corrected chi connectivity index (χ3v) is 13.9. The second-order valence-corrected chi connectivity index (χ2v) is 24.9. The van der Waals surface area contributed by atoms with Gasteiger partial charge in [0.15, 0.2) is 0 Å². The molecule has 0 fully saturated rings. The molecule has 4 rings (SSSR count). The Morgan fingerprint density at radius 3 is 0.613 bits per heavy atom. The monoisotopic (exact) mass is 1110 g/mol. The van der Waals surface area contributed by atoms with E-state index in [4.69, 9.17) is 18.9 Å². The zero-order valence-corrected chi connectivity index (χ0v) is 52.2. The molecular weight excluding hydrogens is 1010 g/mol. The van der Waals surface area contributed by atoms with E-state index in [-0.39, 0.29) is 24.4 Å². The molecule has 0 N–H and O–H groups in total. The summed E-state index contributed by atoms with van der Waals surface area (Å²) in [6, 6.07) is 30.8. The fraction of sp³-hybridized carbons (Fsp3) is 0.562. The van der Waals surface area contributed by atoms with Crippen molar-refractivity contribution in [2.75, 3.05) is 139 Å². The van der Waals surface area contributed by atoms with Crippen molar-refractivity contribution in [2.45, 2.75) is 103 Å². The van der Waals surface area contributed by atoms with Gasteiger partial charge in [-0.2, -0.15) is 0 Å². The molecule has 4 amide bonds. The molecular formula is C64H104N8O8+4. The van der Waals surface area contributed by atoms with Gasteiger partial charge >= 0.3 is 24.4 Å². The summed E-state index contributed by atoms with van der Waals surface area (Å²) < 4.78 is 24.9. The molecule has 80 heavy (non-hydrogen) atoms. The van der Waals surface area contributed by atoms with Gasteiger partial charge in [0.1, 0.15) is 45.7 Å². The number of ether oxygens (including phenoxy) is 4. The van der Waals surface area contributed by atoms with Crippen molar-refractivity contribution < 1.29 is 38.1 Å². The minimum absolute atomic E-state index is 0.315. The number of unbranched alkanes of at least 4 members (excludes halogenated alkanes) is 14. The Morgan fingerprint density at radius 2 is 0.450 bits per heavy atom. The van der Waals surface area contributed by atoms with Gasteiger partial charge in [0.05, 0.1) is 84.6 Å². The van der Waals surface area contributed by atoms with Crippen LogP contribution < -0.4 is 36.9 Å². The molecule has 16 nitrogen and oxygen atoms in total. The van der Waals surface area contributed by atoms with Crippen molar-refractivity contribution in [3.8, 4) is 23.0 Å². The van der Waals surface area contributed by atoms with Crippen LogP contribution in [0.4, 0.5) is 41.9 Å². The van der Waals surface area contributed by atoms with Crippen LogP contribution in [0.5, 0.6) is 23.0 Å². The average molecular weight is 1110 g/mol. The first-order valence-electron chi connectivity index (χ1n) is 28.9. The third kappa shape index (κ3) is 26.8. The van der Waals surface area contributed by atoms with E-state index in [1.807, 2.05) is 97.1 Å². The molecule has 0 bridgehead atoms. The molecule has 4 aromatic carbocycles. The minimum atomic E-state index is -0.315. The molecule has 0 heterocycles. The summed E-state index contributed by atoms with van der Waals surface area (Å²) in [5.74, 6) is 2.32. The van der Waals surface area contributed by atoms with Gasteiger partial charge in [0.25, 0.3) is 0 Å². The van der Waals surface area contributed by atoms with Crippen molar-refractivity contribution in [1.82, 2.24) is 37.5 Å². The molecule has 0 saturated heterocycles. The molecule has 0 aliphatic heterocycles. The van der Waals surface area contributed by atoms with Crippen molar-refractivity contribution in [3.05, 3.63) is 97.1 Å². The summed E-state index contributed by atoms with van der Waals surface area (Å²) in [6.45, 7) is 2.76. The second kappa shape index (κ2) is 33.5. The largest absolute Gasteiger partial charge is 0.414 e. The number of amides is 4. The molecule has 0 saturated carbocycles. The quantitative estimate of drug-likeness (QED) is 0.0374.